The van der Waals surface area contributed by atoms with Gasteiger partial charge >= 0.3 is 0 Å². The summed E-state index contributed by atoms with van der Waals surface area (Å²) in [5, 5.41) is 41.0. The number of phenols is 2. The van der Waals surface area contributed by atoms with Crippen molar-refractivity contribution in [1.82, 2.24) is 0 Å². The lowest BCUT2D eigenvalue weighted by Gasteiger charge is -2.22. The van der Waals surface area contributed by atoms with Crippen molar-refractivity contribution in [3.05, 3.63) is 59.4 Å². The number of benzene rings is 2. The van der Waals surface area contributed by atoms with Crippen molar-refractivity contribution in [2.75, 3.05) is 0 Å². The number of ketones is 1. The summed E-state index contributed by atoms with van der Waals surface area (Å²) in [5.74, 6) is -4.05. The normalized spacial score (nSPS) is 11.8. The molecule has 0 aliphatic carbocycles. The zero-order chi connectivity index (χ0) is 17.5. The van der Waals surface area contributed by atoms with Gasteiger partial charge in [-0.2, -0.15) is 0 Å². The van der Waals surface area contributed by atoms with Gasteiger partial charge in [0.1, 0.15) is 22.6 Å². The average Bonchev–Trinajstić information content (AvgIpc) is 2.92. The molecule has 1 heterocycles. The SMILES string of the molecule is Cc1cc(O)c(C(=O)CC(O)(O)c2ccc3occc3c2)c(O)c1. The van der Waals surface area contributed by atoms with Gasteiger partial charge in [0.25, 0.3) is 0 Å². The molecular formula is C18H16O6. The number of furan rings is 1. The van der Waals surface area contributed by atoms with Crippen molar-refractivity contribution in [1.29, 1.82) is 0 Å². The molecule has 3 rings (SSSR count). The summed E-state index contributed by atoms with van der Waals surface area (Å²) in [6.45, 7) is 1.65. The van der Waals surface area contributed by atoms with E-state index in [-0.39, 0.29) is 11.1 Å². The first-order chi connectivity index (χ1) is 11.3. The van der Waals surface area contributed by atoms with Crippen LogP contribution in [0.1, 0.15) is 27.9 Å². The number of Topliss-reactive ketones (excluding diaryl/α,β-unsaturated/α-hetero) is 1. The van der Waals surface area contributed by atoms with Crippen molar-refractivity contribution in [3.8, 4) is 11.5 Å². The van der Waals surface area contributed by atoms with Crippen LogP contribution in [0.25, 0.3) is 11.0 Å². The Morgan fingerprint density at radius 3 is 2.42 bits per heavy atom. The number of aromatic hydroxyl groups is 2. The molecule has 6 nitrogen and oxygen atoms in total. The highest BCUT2D eigenvalue weighted by atomic mass is 16.5. The minimum atomic E-state index is -2.45. The fraction of sp³-hybridized carbons (Fsp3) is 0.167. The van der Waals surface area contributed by atoms with Crippen molar-refractivity contribution >= 4 is 16.8 Å². The Labute approximate surface area is 137 Å². The first-order valence-corrected chi connectivity index (χ1v) is 7.26. The maximum atomic E-state index is 12.3. The fourth-order valence-electron chi connectivity index (χ4n) is 2.66. The van der Waals surface area contributed by atoms with Crippen molar-refractivity contribution < 1.29 is 29.6 Å². The lowest BCUT2D eigenvalue weighted by molar-refractivity contribution is -0.165. The highest BCUT2D eigenvalue weighted by Crippen LogP contribution is 2.33. The number of carbonyl (C=O) groups excluding carboxylic acids is 1. The topological polar surface area (TPSA) is 111 Å². The predicted octanol–water partition coefficient (Wildman–Crippen LogP) is 2.56. The third kappa shape index (κ3) is 2.84. The van der Waals surface area contributed by atoms with Gasteiger partial charge in [0.15, 0.2) is 11.6 Å². The van der Waals surface area contributed by atoms with Crippen LogP contribution in [-0.4, -0.2) is 26.2 Å². The number of phenolic OH excluding ortho intramolecular Hbond substituents is 2. The molecule has 124 valence electrons. The molecule has 0 unspecified atom stereocenters. The van der Waals surface area contributed by atoms with Gasteiger partial charge in [-0.15, -0.1) is 0 Å². The van der Waals surface area contributed by atoms with Gasteiger partial charge in [-0.25, -0.2) is 0 Å². The maximum absolute atomic E-state index is 12.3. The Balaban J connectivity index is 1.92. The zero-order valence-electron chi connectivity index (χ0n) is 12.9. The van der Waals surface area contributed by atoms with E-state index in [0.717, 1.165) is 0 Å². The predicted molar refractivity (Wildman–Crippen MR) is 85.8 cm³/mol. The molecule has 0 bridgehead atoms. The monoisotopic (exact) mass is 328 g/mol. The number of rotatable bonds is 4. The van der Waals surface area contributed by atoms with E-state index < -0.39 is 29.5 Å². The number of fused-ring (bicyclic) bond motifs is 1. The molecule has 0 atom stereocenters. The minimum Gasteiger partial charge on any atom is -0.507 e. The van der Waals surface area contributed by atoms with Gasteiger partial charge in [-0.1, -0.05) is 0 Å². The summed E-state index contributed by atoms with van der Waals surface area (Å²) in [4.78, 5) is 12.3. The van der Waals surface area contributed by atoms with Crippen LogP contribution >= 0.6 is 0 Å². The Morgan fingerprint density at radius 2 is 1.75 bits per heavy atom. The van der Waals surface area contributed by atoms with Crippen molar-refractivity contribution in [3.63, 3.8) is 0 Å². The maximum Gasteiger partial charge on any atom is 0.197 e. The molecule has 0 amide bonds. The summed E-state index contributed by atoms with van der Waals surface area (Å²) in [6.07, 6.45) is 0.749. The second-order valence-electron chi connectivity index (χ2n) is 5.77. The molecule has 0 fully saturated rings. The molecule has 1 aromatic heterocycles. The molecular weight excluding hydrogens is 312 g/mol. The first-order valence-electron chi connectivity index (χ1n) is 7.26. The Kier molecular flexibility index (Phi) is 3.79. The van der Waals surface area contributed by atoms with Gasteiger partial charge in [-0.05, 0) is 48.9 Å². The van der Waals surface area contributed by atoms with E-state index in [1.54, 1.807) is 19.1 Å². The Bertz CT molecular complexity index is 899. The van der Waals surface area contributed by atoms with E-state index in [2.05, 4.69) is 0 Å². The summed E-state index contributed by atoms with van der Waals surface area (Å²) in [5.41, 5.74) is 0.925. The largest absolute Gasteiger partial charge is 0.507 e. The highest BCUT2D eigenvalue weighted by molar-refractivity contribution is 6.01. The van der Waals surface area contributed by atoms with Crippen LogP contribution in [0.2, 0.25) is 0 Å². The third-order valence-electron chi connectivity index (χ3n) is 3.84. The molecule has 0 saturated heterocycles. The third-order valence-corrected chi connectivity index (χ3v) is 3.84. The summed E-state index contributed by atoms with van der Waals surface area (Å²) in [7, 11) is 0. The van der Waals surface area contributed by atoms with E-state index >= 15 is 0 Å². The minimum absolute atomic E-state index is 0.107. The van der Waals surface area contributed by atoms with E-state index in [4.69, 9.17) is 4.42 Å². The van der Waals surface area contributed by atoms with E-state index in [1.807, 2.05) is 0 Å². The van der Waals surface area contributed by atoms with Crippen LogP contribution in [0.15, 0.2) is 47.1 Å². The molecule has 0 saturated carbocycles. The van der Waals surface area contributed by atoms with E-state index in [1.165, 1.54) is 30.5 Å². The molecule has 0 aliphatic heterocycles. The average molecular weight is 328 g/mol. The molecule has 2 aromatic carbocycles. The molecule has 0 radical (unpaired) electrons. The number of hydrogen-bond donors (Lipinski definition) is 4. The van der Waals surface area contributed by atoms with E-state index in [9.17, 15) is 25.2 Å². The number of carbonyl (C=O) groups is 1. The van der Waals surface area contributed by atoms with Crippen LogP contribution in [-0.2, 0) is 5.79 Å². The van der Waals surface area contributed by atoms with Gasteiger partial charge in [0.05, 0.1) is 12.7 Å². The number of hydrogen-bond acceptors (Lipinski definition) is 6. The zero-order valence-corrected chi connectivity index (χ0v) is 12.9. The molecule has 3 aromatic rings. The standard InChI is InChI=1S/C18H16O6/c1-10-6-13(19)17(14(20)7-10)15(21)9-18(22,23)12-2-3-16-11(8-12)4-5-24-16/h2-8,19-20,22-23H,9H2,1H3. The highest BCUT2D eigenvalue weighted by Gasteiger charge is 2.32. The summed E-state index contributed by atoms with van der Waals surface area (Å²) in [6, 6.07) is 8.81. The van der Waals surface area contributed by atoms with Gasteiger partial charge < -0.3 is 24.8 Å². The second-order valence-corrected chi connectivity index (χ2v) is 5.77. The number of aryl methyl sites for hydroxylation is 1. The summed E-state index contributed by atoms with van der Waals surface area (Å²) < 4.78 is 5.18. The van der Waals surface area contributed by atoms with Crippen molar-refractivity contribution in [2.24, 2.45) is 0 Å². The molecule has 0 aliphatic rings. The lowest BCUT2D eigenvalue weighted by atomic mass is 9.95. The molecule has 4 N–H and O–H groups in total. The van der Waals surface area contributed by atoms with Crippen LogP contribution in [0.5, 0.6) is 11.5 Å². The molecule has 24 heavy (non-hydrogen) atoms. The first kappa shape index (κ1) is 16.0. The summed E-state index contributed by atoms with van der Waals surface area (Å²) >= 11 is 0. The lowest BCUT2D eigenvalue weighted by Crippen LogP contribution is -2.28. The number of aliphatic hydroxyl groups is 2. The van der Waals surface area contributed by atoms with Gasteiger partial charge in [0, 0.05) is 10.9 Å². The van der Waals surface area contributed by atoms with Crippen LogP contribution < -0.4 is 0 Å². The molecule has 6 heteroatoms. The fourth-order valence-corrected chi connectivity index (χ4v) is 2.66. The van der Waals surface area contributed by atoms with Crippen LogP contribution in [0.3, 0.4) is 0 Å². The van der Waals surface area contributed by atoms with Crippen molar-refractivity contribution in [2.45, 2.75) is 19.1 Å². The van der Waals surface area contributed by atoms with Crippen LogP contribution in [0, 0.1) is 6.92 Å². The Hall–Kier alpha value is -2.83. The van der Waals surface area contributed by atoms with Gasteiger partial charge in [0.2, 0.25) is 0 Å². The quantitative estimate of drug-likeness (QED) is 0.433. The van der Waals surface area contributed by atoms with E-state index in [0.29, 0.717) is 16.5 Å². The van der Waals surface area contributed by atoms with Crippen LogP contribution in [0.4, 0.5) is 0 Å². The Morgan fingerprint density at radius 1 is 1.08 bits per heavy atom. The smallest absolute Gasteiger partial charge is 0.197 e. The van der Waals surface area contributed by atoms with Gasteiger partial charge in [-0.3, -0.25) is 4.79 Å². The second kappa shape index (κ2) is 5.67. The molecule has 0 spiro atoms.